The number of benzene rings is 2. The van der Waals surface area contributed by atoms with Gasteiger partial charge in [-0.1, -0.05) is 48.5 Å². The quantitative estimate of drug-likeness (QED) is 0.584. The molecular weight excluding hydrogens is 256 g/mol. The zero-order valence-corrected chi connectivity index (χ0v) is 11.7. The normalized spacial score (nSPS) is 11.2. The van der Waals surface area contributed by atoms with Crippen molar-refractivity contribution < 1.29 is 0 Å². The molecule has 0 aliphatic rings. The molecule has 1 N–H and O–H groups in total. The maximum absolute atomic E-state index is 4.86. The molecule has 0 radical (unpaired) electrons. The topological polar surface area (TPSA) is 28.7 Å². The van der Waals surface area contributed by atoms with E-state index >= 15 is 0 Å². The summed E-state index contributed by atoms with van der Waals surface area (Å²) < 4.78 is 0. The molecule has 102 valence electrons. The predicted molar refractivity (Wildman–Crippen MR) is 87.4 cm³/mol. The summed E-state index contributed by atoms with van der Waals surface area (Å²) in [6.07, 6.45) is 3.97. The number of rotatable bonds is 3. The summed E-state index contributed by atoms with van der Waals surface area (Å²) in [5.41, 5.74) is 4.75. The molecule has 2 heterocycles. The summed E-state index contributed by atoms with van der Waals surface area (Å²) >= 11 is 0. The minimum Gasteiger partial charge on any atom is -0.360 e. The fourth-order valence-corrected chi connectivity index (χ4v) is 2.92. The number of H-pyrrole nitrogens is 1. The first kappa shape index (κ1) is 12.2. The van der Waals surface area contributed by atoms with E-state index in [1.807, 2.05) is 6.20 Å². The Morgan fingerprint density at radius 3 is 2.48 bits per heavy atom. The first-order chi connectivity index (χ1) is 10.4. The Labute approximate surface area is 123 Å². The lowest BCUT2D eigenvalue weighted by molar-refractivity contribution is 0.930. The number of nitrogens with one attached hydrogen (secondary N) is 1. The third kappa shape index (κ3) is 2.19. The molecule has 4 aromatic rings. The van der Waals surface area contributed by atoms with Crippen molar-refractivity contribution in [2.75, 3.05) is 0 Å². The molecule has 0 saturated carbocycles. The van der Waals surface area contributed by atoms with Crippen molar-refractivity contribution in [2.45, 2.75) is 12.8 Å². The summed E-state index contributed by atoms with van der Waals surface area (Å²) in [4.78, 5) is 8.21. The van der Waals surface area contributed by atoms with Gasteiger partial charge in [0.25, 0.3) is 0 Å². The van der Waals surface area contributed by atoms with E-state index in [1.54, 1.807) is 0 Å². The van der Waals surface area contributed by atoms with Gasteiger partial charge in [0.05, 0.1) is 16.7 Å². The van der Waals surface area contributed by atoms with Crippen LogP contribution in [-0.2, 0) is 12.8 Å². The number of aromatic amines is 1. The zero-order valence-electron chi connectivity index (χ0n) is 11.7. The van der Waals surface area contributed by atoms with Crippen LogP contribution in [0, 0.1) is 0 Å². The number of para-hydroxylation sites is 1. The summed E-state index contributed by atoms with van der Waals surface area (Å²) in [5, 5.41) is 2.49. The predicted octanol–water partition coefficient (Wildman–Crippen LogP) is 4.50. The standard InChI is InChI=1S/C19H16N2/c1-2-6-14(7-3-1)10-11-18-19-16(12-13-20-19)15-8-4-5-9-17(15)21-18/h1-9,12-13,20H,10-11H2. The number of aryl methyl sites for hydroxylation is 2. The van der Waals surface area contributed by atoms with Gasteiger partial charge in [-0.2, -0.15) is 0 Å². The second kappa shape index (κ2) is 5.06. The summed E-state index contributed by atoms with van der Waals surface area (Å²) in [5.74, 6) is 0. The summed E-state index contributed by atoms with van der Waals surface area (Å²) in [7, 11) is 0. The van der Waals surface area contributed by atoms with Crippen molar-refractivity contribution in [3.05, 3.63) is 78.1 Å². The van der Waals surface area contributed by atoms with Crippen LogP contribution >= 0.6 is 0 Å². The highest BCUT2D eigenvalue weighted by Crippen LogP contribution is 2.26. The SMILES string of the molecule is c1ccc(CCc2nc3ccccc3c3cc[nH]c23)cc1. The van der Waals surface area contributed by atoms with Gasteiger partial charge in [-0.3, -0.25) is 4.98 Å². The fraction of sp³-hybridized carbons (Fsp3) is 0.105. The molecule has 4 rings (SSSR count). The van der Waals surface area contributed by atoms with E-state index in [1.165, 1.54) is 21.9 Å². The van der Waals surface area contributed by atoms with E-state index in [4.69, 9.17) is 4.98 Å². The number of hydrogen-bond donors (Lipinski definition) is 1. The smallest absolute Gasteiger partial charge is 0.0713 e. The number of nitrogens with zero attached hydrogens (tertiary/aromatic N) is 1. The molecule has 0 atom stereocenters. The van der Waals surface area contributed by atoms with Gasteiger partial charge in [0, 0.05) is 17.0 Å². The fourth-order valence-electron chi connectivity index (χ4n) is 2.92. The summed E-state index contributed by atoms with van der Waals surface area (Å²) in [6, 6.07) is 21.1. The van der Waals surface area contributed by atoms with Crippen molar-refractivity contribution in [3.8, 4) is 0 Å². The molecule has 0 aliphatic carbocycles. The van der Waals surface area contributed by atoms with Crippen LogP contribution in [0.25, 0.3) is 21.8 Å². The van der Waals surface area contributed by atoms with Crippen LogP contribution in [-0.4, -0.2) is 9.97 Å². The Bertz CT molecular complexity index is 891. The number of pyridine rings is 1. The van der Waals surface area contributed by atoms with Gasteiger partial charge >= 0.3 is 0 Å². The van der Waals surface area contributed by atoms with Gasteiger partial charge in [-0.25, -0.2) is 0 Å². The zero-order chi connectivity index (χ0) is 14.1. The van der Waals surface area contributed by atoms with Crippen molar-refractivity contribution in [3.63, 3.8) is 0 Å². The molecule has 0 aliphatic heterocycles. The number of fused-ring (bicyclic) bond motifs is 3. The van der Waals surface area contributed by atoms with Gasteiger partial charge in [-0.05, 0) is 30.5 Å². The second-order valence-corrected chi connectivity index (χ2v) is 5.33. The van der Waals surface area contributed by atoms with E-state index in [0.717, 1.165) is 24.1 Å². The van der Waals surface area contributed by atoms with Crippen molar-refractivity contribution >= 4 is 21.8 Å². The van der Waals surface area contributed by atoms with E-state index in [-0.39, 0.29) is 0 Å². The Kier molecular flexibility index (Phi) is 2.93. The highest BCUT2D eigenvalue weighted by atomic mass is 14.8. The Balaban J connectivity index is 1.78. The first-order valence-corrected chi connectivity index (χ1v) is 7.30. The molecule has 21 heavy (non-hydrogen) atoms. The molecule has 0 saturated heterocycles. The van der Waals surface area contributed by atoms with Crippen LogP contribution in [0.3, 0.4) is 0 Å². The van der Waals surface area contributed by atoms with Crippen LogP contribution in [0.1, 0.15) is 11.3 Å². The monoisotopic (exact) mass is 272 g/mol. The molecule has 0 spiro atoms. The second-order valence-electron chi connectivity index (χ2n) is 5.33. The first-order valence-electron chi connectivity index (χ1n) is 7.30. The Morgan fingerprint density at radius 2 is 1.57 bits per heavy atom. The highest BCUT2D eigenvalue weighted by Gasteiger charge is 2.09. The van der Waals surface area contributed by atoms with Crippen LogP contribution in [0.4, 0.5) is 0 Å². The largest absolute Gasteiger partial charge is 0.360 e. The lowest BCUT2D eigenvalue weighted by Crippen LogP contribution is -1.97. The maximum atomic E-state index is 4.86. The van der Waals surface area contributed by atoms with Gasteiger partial charge in [0.15, 0.2) is 0 Å². The molecule has 2 aromatic carbocycles. The number of aromatic nitrogens is 2. The lowest BCUT2D eigenvalue weighted by Gasteiger charge is -2.06. The van der Waals surface area contributed by atoms with Crippen LogP contribution in [0.2, 0.25) is 0 Å². The van der Waals surface area contributed by atoms with Gasteiger partial charge in [0.2, 0.25) is 0 Å². The molecular formula is C19H16N2. The van der Waals surface area contributed by atoms with Gasteiger partial charge in [0.1, 0.15) is 0 Å². The molecule has 0 amide bonds. The molecule has 2 nitrogen and oxygen atoms in total. The molecule has 2 aromatic heterocycles. The minimum atomic E-state index is 0.950. The van der Waals surface area contributed by atoms with Crippen LogP contribution in [0.15, 0.2) is 66.9 Å². The summed E-state index contributed by atoms with van der Waals surface area (Å²) in [6.45, 7) is 0. The Hall–Kier alpha value is -2.61. The average Bonchev–Trinajstić information content (AvgIpc) is 3.04. The average molecular weight is 272 g/mol. The minimum absolute atomic E-state index is 0.950. The molecule has 0 fully saturated rings. The maximum Gasteiger partial charge on any atom is 0.0713 e. The van der Waals surface area contributed by atoms with Crippen LogP contribution in [0.5, 0.6) is 0 Å². The molecule has 0 unspecified atom stereocenters. The van der Waals surface area contributed by atoms with E-state index in [0.29, 0.717) is 0 Å². The van der Waals surface area contributed by atoms with Gasteiger partial charge < -0.3 is 4.98 Å². The number of hydrogen-bond acceptors (Lipinski definition) is 1. The van der Waals surface area contributed by atoms with Crippen molar-refractivity contribution in [1.29, 1.82) is 0 Å². The third-order valence-corrected chi connectivity index (χ3v) is 3.98. The third-order valence-electron chi connectivity index (χ3n) is 3.98. The van der Waals surface area contributed by atoms with Crippen molar-refractivity contribution in [2.24, 2.45) is 0 Å². The Morgan fingerprint density at radius 1 is 0.762 bits per heavy atom. The molecule has 2 heteroatoms. The van der Waals surface area contributed by atoms with Crippen molar-refractivity contribution in [1.82, 2.24) is 9.97 Å². The molecule has 0 bridgehead atoms. The van der Waals surface area contributed by atoms with Gasteiger partial charge in [-0.15, -0.1) is 0 Å². The van der Waals surface area contributed by atoms with E-state index in [2.05, 4.69) is 65.6 Å². The van der Waals surface area contributed by atoms with Crippen LogP contribution < -0.4 is 0 Å². The highest BCUT2D eigenvalue weighted by molar-refractivity contribution is 6.05. The van der Waals surface area contributed by atoms with E-state index in [9.17, 15) is 0 Å². The lowest BCUT2D eigenvalue weighted by atomic mass is 10.0. The van der Waals surface area contributed by atoms with E-state index < -0.39 is 0 Å².